The Bertz CT molecular complexity index is 736. The van der Waals surface area contributed by atoms with E-state index in [1.165, 1.54) is 48.5 Å². The van der Waals surface area contributed by atoms with Gasteiger partial charge in [-0.05, 0) is 48.5 Å². The van der Waals surface area contributed by atoms with E-state index in [0.29, 0.717) is 0 Å². The van der Waals surface area contributed by atoms with Crippen LogP contribution in [0, 0.1) is 6.92 Å². The van der Waals surface area contributed by atoms with Gasteiger partial charge >= 0.3 is 5.69 Å². The van der Waals surface area contributed by atoms with Crippen LogP contribution < -0.4 is 11.4 Å². The number of aromatic nitrogens is 3. The zero-order valence-electron chi connectivity index (χ0n) is 15.1. The van der Waals surface area contributed by atoms with Gasteiger partial charge in [0.2, 0.25) is 5.95 Å². The molecule has 5 N–H and O–H groups in total. The second-order valence-electron chi connectivity index (χ2n) is 7.57. The maximum atomic E-state index is 12.4. The third-order valence-corrected chi connectivity index (χ3v) is 5.78. The summed E-state index contributed by atoms with van der Waals surface area (Å²) in [5.74, 6) is -0.0435. The summed E-state index contributed by atoms with van der Waals surface area (Å²) >= 11 is 0. The molecule has 0 spiro atoms. The van der Waals surface area contributed by atoms with Crippen LogP contribution in [-0.2, 0) is 10.5 Å². The fourth-order valence-electron chi connectivity index (χ4n) is 3.51. The first-order chi connectivity index (χ1) is 10.5. The number of rotatable bonds is 2. The van der Waals surface area contributed by atoms with Crippen molar-refractivity contribution in [1.82, 2.24) is 14.5 Å². The van der Waals surface area contributed by atoms with Crippen molar-refractivity contribution in [2.75, 3.05) is 5.73 Å². The third-order valence-electron chi connectivity index (χ3n) is 5.78. The van der Waals surface area contributed by atoms with E-state index in [2.05, 4.69) is 9.97 Å². The highest BCUT2D eigenvalue weighted by Crippen LogP contribution is 2.57. The van der Waals surface area contributed by atoms with Crippen LogP contribution in [0.4, 0.5) is 5.95 Å². The Labute approximate surface area is 140 Å². The van der Waals surface area contributed by atoms with Gasteiger partial charge in [-0.3, -0.25) is 0 Å². The molecule has 9 nitrogen and oxygen atoms in total. The second-order valence-corrected chi connectivity index (χ2v) is 7.57. The minimum Gasteiger partial charge on any atom is -0.387 e. The van der Waals surface area contributed by atoms with Gasteiger partial charge in [0.15, 0.2) is 5.72 Å². The van der Waals surface area contributed by atoms with Crippen molar-refractivity contribution in [3.05, 3.63) is 16.3 Å². The van der Waals surface area contributed by atoms with Crippen LogP contribution in [-0.4, -0.2) is 52.3 Å². The number of nitrogens with two attached hydrogens (primary N) is 1. The van der Waals surface area contributed by atoms with Crippen LogP contribution >= 0.6 is 0 Å². The number of hydrogen-bond acceptors (Lipinski definition) is 8. The van der Waals surface area contributed by atoms with E-state index in [1.54, 1.807) is 0 Å². The molecule has 0 aliphatic carbocycles. The molecule has 0 bridgehead atoms. The van der Waals surface area contributed by atoms with Gasteiger partial charge < -0.3 is 25.8 Å². The minimum atomic E-state index is -1.97. The zero-order valence-corrected chi connectivity index (χ0v) is 15.1. The smallest absolute Gasteiger partial charge is 0.354 e. The van der Waals surface area contributed by atoms with Gasteiger partial charge in [-0.15, -0.1) is 0 Å². The lowest BCUT2D eigenvalue weighted by atomic mass is 9.67. The number of ether oxygens (including phenoxy) is 1. The molecule has 1 fully saturated rings. The van der Waals surface area contributed by atoms with Crippen LogP contribution in [0.25, 0.3) is 0 Å². The first kappa shape index (κ1) is 18.8. The van der Waals surface area contributed by atoms with Crippen molar-refractivity contribution in [1.29, 1.82) is 0 Å². The summed E-state index contributed by atoms with van der Waals surface area (Å²) in [7, 11) is 0. The first-order valence-electron chi connectivity index (χ1n) is 7.64. The SMILES string of the molecule is Cc1nc(N)nc(=O)n1[C@]1(C)O[C@](C)(C(C)(C)O)[C@](C)(O)C1(C)O. The molecule has 136 valence electrons. The normalized spacial score (nSPS) is 40.1. The maximum absolute atomic E-state index is 12.4. The van der Waals surface area contributed by atoms with E-state index >= 15 is 0 Å². The number of nitrogens with zero attached hydrogens (tertiary/aromatic N) is 3. The molecule has 1 aliphatic rings. The Morgan fingerprint density at radius 3 is 2.00 bits per heavy atom. The standard InChI is InChI=1S/C15H26N4O5/c1-8-17-9(16)18-10(20)19(8)15(7)13(5,23)12(4,22)14(6,24-15)11(2,3)21/h21-23H,1-7H3,(H2,16,18,20)/t12-,13?,14-,15-/m1/s1. The number of hydrogen-bond donors (Lipinski definition) is 4. The van der Waals surface area contributed by atoms with E-state index in [-0.39, 0.29) is 11.8 Å². The largest absolute Gasteiger partial charge is 0.387 e. The monoisotopic (exact) mass is 342 g/mol. The van der Waals surface area contributed by atoms with Crippen molar-refractivity contribution in [2.45, 2.75) is 76.6 Å². The lowest BCUT2D eigenvalue weighted by molar-refractivity contribution is -0.238. The molecule has 2 heterocycles. The lowest BCUT2D eigenvalue weighted by Gasteiger charge is -2.46. The lowest BCUT2D eigenvalue weighted by Crippen LogP contribution is -2.67. The summed E-state index contributed by atoms with van der Waals surface area (Å²) in [6.45, 7) is 10.0. The summed E-state index contributed by atoms with van der Waals surface area (Å²) in [6, 6.07) is 0. The number of nitrogen functional groups attached to an aromatic ring is 1. The maximum Gasteiger partial charge on any atom is 0.354 e. The fourth-order valence-corrected chi connectivity index (χ4v) is 3.51. The van der Waals surface area contributed by atoms with E-state index in [0.717, 1.165) is 4.57 Å². The van der Waals surface area contributed by atoms with Crippen molar-refractivity contribution < 1.29 is 20.1 Å². The number of aliphatic hydroxyl groups is 3. The molecule has 1 aliphatic heterocycles. The Balaban J connectivity index is 2.83. The Kier molecular flexibility index (Phi) is 3.72. The number of anilines is 1. The highest BCUT2D eigenvalue weighted by Gasteiger charge is 2.76. The van der Waals surface area contributed by atoms with Crippen LogP contribution in [0.5, 0.6) is 0 Å². The van der Waals surface area contributed by atoms with Gasteiger partial charge in [0, 0.05) is 0 Å². The predicted molar refractivity (Wildman–Crippen MR) is 86.1 cm³/mol. The molecule has 9 heteroatoms. The summed E-state index contributed by atoms with van der Waals surface area (Å²) in [5, 5.41) is 32.8. The highest BCUT2D eigenvalue weighted by molar-refractivity contribution is 5.24. The molecule has 2 rings (SSSR count). The second kappa shape index (κ2) is 4.75. The van der Waals surface area contributed by atoms with Gasteiger partial charge in [0.05, 0.1) is 5.60 Å². The molecule has 4 atom stereocenters. The molecule has 1 unspecified atom stereocenters. The summed E-state index contributed by atoms with van der Waals surface area (Å²) in [5.41, 5.74) is -4.07. The van der Waals surface area contributed by atoms with Crippen LogP contribution in [0.15, 0.2) is 4.79 Å². The minimum absolute atomic E-state index is 0.158. The number of aryl methyl sites for hydroxylation is 1. The van der Waals surface area contributed by atoms with E-state index in [1.807, 2.05) is 0 Å². The quantitative estimate of drug-likeness (QED) is 0.550. The summed E-state index contributed by atoms with van der Waals surface area (Å²) < 4.78 is 7.05. The molecule has 1 aromatic rings. The molecule has 0 amide bonds. The van der Waals surface area contributed by atoms with Gasteiger partial charge in [0.25, 0.3) is 0 Å². The topological polar surface area (TPSA) is 144 Å². The Hall–Kier alpha value is -1.55. The van der Waals surface area contributed by atoms with Gasteiger partial charge in [-0.25, -0.2) is 9.36 Å². The van der Waals surface area contributed by atoms with Gasteiger partial charge in [-0.1, -0.05) is 0 Å². The molecule has 0 aromatic carbocycles. The summed E-state index contributed by atoms with van der Waals surface area (Å²) in [6.07, 6.45) is 0. The van der Waals surface area contributed by atoms with Gasteiger partial charge in [0.1, 0.15) is 22.6 Å². The van der Waals surface area contributed by atoms with E-state index in [4.69, 9.17) is 10.5 Å². The van der Waals surface area contributed by atoms with Crippen molar-refractivity contribution in [3.8, 4) is 0 Å². The van der Waals surface area contributed by atoms with Crippen LogP contribution in [0.3, 0.4) is 0 Å². The molecule has 24 heavy (non-hydrogen) atoms. The van der Waals surface area contributed by atoms with Crippen molar-refractivity contribution in [2.24, 2.45) is 0 Å². The highest BCUT2D eigenvalue weighted by atomic mass is 16.6. The van der Waals surface area contributed by atoms with E-state index < -0.39 is 33.8 Å². The molecule has 1 saturated heterocycles. The van der Waals surface area contributed by atoms with Crippen LogP contribution in [0.1, 0.15) is 47.4 Å². The third kappa shape index (κ3) is 1.98. The molecular formula is C15H26N4O5. The van der Waals surface area contributed by atoms with E-state index in [9.17, 15) is 20.1 Å². The Morgan fingerprint density at radius 2 is 1.62 bits per heavy atom. The van der Waals surface area contributed by atoms with Gasteiger partial charge in [-0.2, -0.15) is 9.97 Å². The van der Waals surface area contributed by atoms with Crippen LogP contribution in [0.2, 0.25) is 0 Å². The van der Waals surface area contributed by atoms with Crippen molar-refractivity contribution >= 4 is 5.95 Å². The fraction of sp³-hybridized carbons (Fsp3) is 0.800. The zero-order chi connectivity index (χ0) is 18.9. The molecule has 0 radical (unpaired) electrons. The Morgan fingerprint density at radius 1 is 1.12 bits per heavy atom. The molecule has 1 aromatic heterocycles. The molecular weight excluding hydrogens is 316 g/mol. The van der Waals surface area contributed by atoms with Crippen molar-refractivity contribution in [3.63, 3.8) is 0 Å². The molecule has 0 saturated carbocycles. The average Bonchev–Trinajstić information content (AvgIpc) is 2.44. The average molecular weight is 342 g/mol. The first-order valence-corrected chi connectivity index (χ1v) is 7.64. The summed E-state index contributed by atoms with van der Waals surface area (Å²) in [4.78, 5) is 19.9. The predicted octanol–water partition coefficient (Wildman–Crippen LogP) is -0.737.